The van der Waals surface area contributed by atoms with Gasteiger partial charge in [-0.25, -0.2) is 0 Å². The molecule has 0 amide bonds. The molecule has 10 rings (SSSR count). The van der Waals surface area contributed by atoms with Crippen LogP contribution in [0.25, 0.3) is 76.9 Å². The minimum Gasteiger partial charge on any atom is -0.456 e. The molecule has 0 saturated carbocycles. The predicted octanol–water partition coefficient (Wildman–Crippen LogP) is 13.4. The van der Waals surface area contributed by atoms with Crippen molar-refractivity contribution >= 4 is 71.7 Å². The van der Waals surface area contributed by atoms with Crippen molar-refractivity contribution in [3.05, 3.63) is 176 Å². The zero-order valence-electron chi connectivity index (χ0n) is 26.5. The summed E-state index contributed by atoms with van der Waals surface area (Å²) in [6.07, 6.45) is 0. The molecule has 0 aliphatic heterocycles. The van der Waals surface area contributed by atoms with Crippen molar-refractivity contribution in [3.8, 4) is 22.3 Å². The fraction of sp³-hybridized carbons (Fsp3) is 0. The first-order chi connectivity index (χ1) is 24.3. The molecule has 8 aromatic carbocycles. The largest absolute Gasteiger partial charge is 0.456 e. The molecule has 0 fully saturated rings. The van der Waals surface area contributed by atoms with Crippen LogP contribution in [0.3, 0.4) is 0 Å². The van der Waals surface area contributed by atoms with Gasteiger partial charge in [-0.2, -0.15) is 0 Å². The van der Waals surface area contributed by atoms with E-state index in [4.69, 9.17) is 8.83 Å². The molecule has 0 unspecified atom stereocenters. The molecule has 0 N–H and O–H groups in total. The zero-order valence-corrected chi connectivity index (χ0v) is 26.5. The molecule has 0 aliphatic carbocycles. The number of para-hydroxylation sites is 3. The average molecular weight is 628 g/mol. The molecule has 3 heteroatoms. The topological polar surface area (TPSA) is 29.5 Å². The number of benzene rings is 8. The Morgan fingerprint density at radius 2 is 0.959 bits per heavy atom. The molecule has 0 saturated heterocycles. The fourth-order valence-corrected chi connectivity index (χ4v) is 7.35. The standard InChI is InChI=1S/C46H29NO2/c1-2-11-32-28-33(21-20-30(32)10-1)31-22-24-34(25-23-31)47(35-26-27-44-40(29-35)37-13-4-7-17-42(37)48-44)41-16-6-3-12-36(41)38-15-9-19-45-46(38)39-14-5-8-18-43(39)49-45/h1-29H. The van der Waals surface area contributed by atoms with E-state index in [0.717, 1.165) is 72.1 Å². The van der Waals surface area contributed by atoms with Gasteiger partial charge in [0.25, 0.3) is 0 Å². The zero-order chi connectivity index (χ0) is 32.3. The Morgan fingerprint density at radius 3 is 1.84 bits per heavy atom. The molecule has 0 atom stereocenters. The van der Waals surface area contributed by atoms with Crippen LogP contribution in [0.15, 0.2) is 185 Å². The van der Waals surface area contributed by atoms with Gasteiger partial charge in [-0.1, -0.05) is 115 Å². The molecule has 49 heavy (non-hydrogen) atoms. The number of nitrogens with zero attached hydrogens (tertiary/aromatic N) is 1. The van der Waals surface area contributed by atoms with Gasteiger partial charge in [0, 0.05) is 38.5 Å². The van der Waals surface area contributed by atoms with Crippen LogP contribution in [0, 0.1) is 0 Å². The maximum Gasteiger partial charge on any atom is 0.136 e. The quantitative estimate of drug-likeness (QED) is 0.190. The Hall–Kier alpha value is -6.58. The van der Waals surface area contributed by atoms with Crippen LogP contribution in [0.1, 0.15) is 0 Å². The minimum atomic E-state index is 0.875. The van der Waals surface area contributed by atoms with E-state index in [1.54, 1.807) is 0 Å². The minimum absolute atomic E-state index is 0.875. The molecule has 2 aromatic heterocycles. The summed E-state index contributed by atoms with van der Waals surface area (Å²) in [5.41, 5.74) is 11.3. The van der Waals surface area contributed by atoms with E-state index in [1.165, 1.54) is 21.9 Å². The second kappa shape index (κ2) is 11.0. The molecule has 0 spiro atoms. The van der Waals surface area contributed by atoms with Crippen LogP contribution < -0.4 is 4.90 Å². The number of hydrogen-bond donors (Lipinski definition) is 0. The second-order valence-corrected chi connectivity index (χ2v) is 12.5. The maximum atomic E-state index is 6.32. The lowest BCUT2D eigenvalue weighted by Gasteiger charge is -2.28. The molecular formula is C46H29NO2. The summed E-state index contributed by atoms with van der Waals surface area (Å²) < 4.78 is 12.6. The SMILES string of the molecule is c1ccc(N(c2ccc(-c3ccc4ccccc4c3)cc2)c2ccc3oc4ccccc4c3c2)c(-c2cccc3oc4ccccc4c23)c1. The van der Waals surface area contributed by atoms with Crippen molar-refractivity contribution in [1.29, 1.82) is 0 Å². The summed E-state index contributed by atoms with van der Waals surface area (Å²) in [7, 11) is 0. The third kappa shape index (κ3) is 4.51. The Labute approximate surface area is 282 Å². The van der Waals surface area contributed by atoms with Crippen molar-refractivity contribution in [2.75, 3.05) is 4.90 Å². The third-order valence-corrected chi connectivity index (χ3v) is 9.66. The Bertz CT molecular complexity index is 2840. The summed E-state index contributed by atoms with van der Waals surface area (Å²) in [5.74, 6) is 0. The van der Waals surface area contributed by atoms with E-state index in [0.29, 0.717) is 0 Å². The van der Waals surface area contributed by atoms with E-state index >= 15 is 0 Å². The molecule has 0 aliphatic rings. The lowest BCUT2D eigenvalue weighted by atomic mass is 9.96. The van der Waals surface area contributed by atoms with Crippen molar-refractivity contribution in [2.45, 2.75) is 0 Å². The van der Waals surface area contributed by atoms with Gasteiger partial charge in [-0.3, -0.25) is 0 Å². The van der Waals surface area contributed by atoms with Gasteiger partial charge in [0.2, 0.25) is 0 Å². The van der Waals surface area contributed by atoms with Crippen LogP contribution in [-0.4, -0.2) is 0 Å². The van der Waals surface area contributed by atoms with Gasteiger partial charge in [-0.05, 0) is 88.1 Å². The third-order valence-electron chi connectivity index (χ3n) is 9.66. The first-order valence-corrected chi connectivity index (χ1v) is 16.6. The number of hydrogen-bond acceptors (Lipinski definition) is 3. The summed E-state index contributed by atoms with van der Waals surface area (Å²) in [4.78, 5) is 2.36. The van der Waals surface area contributed by atoms with Crippen LogP contribution in [0.2, 0.25) is 0 Å². The second-order valence-electron chi connectivity index (χ2n) is 12.5. The highest BCUT2D eigenvalue weighted by Gasteiger charge is 2.21. The van der Waals surface area contributed by atoms with Crippen LogP contribution >= 0.6 is 0 Å². The van der Waals surface area contributed by atoms with Crippen LogP contribution in [0.5, 0.6) is 0 Å². The molecule has 2 heterocycles. The molecule has 0 radical (unpaired) electrons. The maximum absolute atomic E-state index is 6.32. The van der Waals surface area contributed by atoms with Gasteiger partial charge in [0.1, 0.15) is 22.3 Å². The van der Waals surface area contributed by atoms with Gasteiger partial charge in [0.05, 0.1) is 5.69 Å². The number of rotatable bonds is 5. The first-order valence-electron chi connectivity index (χ1n) is 16.6. The van der Waals surface area contributed by atoms with E-state index < -0.39 is 0 Å². The summed E-state index contributed by atoms with van der Waals surface area (Å²) in [6, 6.07) is 62.2. The summed E-state index contributed by atoms with van der Waals surface area (Å²) in [5, 5.41) is 6.91. The van der Waals surface area contributed by atoms with Gasteiger partial charge in [0.15, 0.2) is 0 Å². The first kappa shape index (κ1) is 27.5. The van der Waals surface area contributed by atoms with Crippen molar-refractivity contribution in [3.63, 3.8) is 0 Å². The van der Waals surface area contributed by atoms with E-state index in [2.05, 4.69) is 157 Å². The van der Waals surface area contributed by atoms with Gasteiger partial charge >= 0.3 is 0 Å². The number of fused-ring (bicyclic) bond motifs is 7. The van der Waals surface area contributed by atoms with Gasteiger partial charge < -0.3 is 13.7 Å². The molecule has 3 nitrogen and oxygen atoms in total. The van der Waals surface area contributed by atoms with Crippen LogP contribution in [0.4, 0.5) is 17.1 Å². The normalized spacial score (nSPS) is 11.7. The van der Waals surface area contributed by atoms with E-state index in [1.807, 2.05) is 24.3 Å². The highest BCUT2D eigenvalue weighted by molar-refractivity contribution is 6.14. The van der Waals surface area contributed by atoms with Gasteiger partial charge in [-0.15, -0.1) is 0 Å². The summed E-state index contributed by atoms with van der Waals surface area (Å²) in [6.45, 7) is 0. The average Bonchev–Trinajstić information content (AvgIpc) is 3.74. The van der Waals surface area contributed by atoms with Crippen LogP contribution in [-0.2, 0) is 0 Å². The smallest absolute Gasteiger partial charge is 0.136 e. The van der Waals surface area contributed by atoms with E-state index in [-0.39, 0.29) is 0 Å². The Morgan fingerprint density at radius 1 is 0.347 bits per heavy atom. The predicted molar refractivity (Wildman–Crippen MR) is 204 cm³/mol. The number of furan rings is 2. The Kier molecular flexibility index (Phi) is 6.18. The Balaban J connectivity index is 1.18. The van der Waals surface area contributed by atoms with Crippen molar-refractivity contribution < 1.29 is 8.83 Å². The highest BCUT2D eigenvalue weighted by atomic mass is 16.3. The molecular weight excluding hydrogens is 599 g/mol. The van der Waals surface area contributed by atoms with Crippen molar-refractivity contribution in [1.82, 2.24) is 0 Å². The van der Waals surface area contributed by atoms with Crippen molar-refractivity contribution in [2.24, 2.45) is 0 Å². The molecule has 0 bridgehead atoms. The van der Waals surface area contributed by atoms with E-state index in [9.17, 15) is 0 Å². The number of anilines is 3. The molecule has 230 valence electrons. The lowest BCUT2D eigenvalue weighted by molar-refractivity contribution is 0.668. The summed E-state index contributed by atoms with van der Waals surface area (Å²) >= 11 is 0. The fourth-order valence-electron chi connectivity index (χ4n) is 7.35. The highest BCUT2D eigenvalue weighted by Crippen LogP contribution is 2.46. The molecule has 10 aromatic rings. The lowest BCUT2D eigenvalue weighted by Crippen LogP contribution is -2.11. The monoisotopic (exact) mass is 627 g/mol.